The number of morpholine rings is 1. The summed E-state index contributed by atoms with van der Waals surface area (Å²) in [6, 6.07) is 6.31. The minimum absolute atomic E-state index is 0.0418. The zero-order valence-corrected chi connectivity index (χ0v) is 14.5. The van der Waals surface area contributed by atoms with Gasteiger partial charge in [-0.05, 0) is 18.1 Å². The van der Waals surface area contributed by atoms with Gasteiger partial charge in [0, 0.05) is 25.6 Å². The Morgan fingerprint density at radius 2 is 2.00 bits per heavy atom. The Morgan fingerprint density at radius 3 is 2.67 bits per heavy atom. The number of carbonyl (C=O) groups excluding carboxylic acids is 1. The average Bonchev–Trinajstić information content (AvgIpc) is 2.57. The number of nitrogens with zero attached hydrogens (tertiary/aromatic N) is 1. The van der Waals surface area contributed by atoms with E-state index in [2.05, 4.69) is 5.32 Å². The normalized spacial score (nSPS) is 17.4. The van der Waals surface area contributed by atoms with E-state index < -0.39 is 15.9 Å². The fourth-order valence-corrected chi connectivity index (χ4v) is 3.84. The second kappa shape index (κ2) is 8.55. The summed E-state index contributed by atoms with van der Waals surface area (Å²) in [6.07, 6.45) is 0.273. The maximum Gasteiger partial charge on any atom is 0.223 e. The minimum Gasteiger partial charge on any atom is -0.379 e. The summed E-state index contributed by atoms with van der Waals surface area (Å²) >= 11 is 0. The molecule has 0 saturated carbocycles. The van der Waals surface area contributed by atoms with Gasteiger partial charge in [-0.1, -0.05) is 25.1 Å². The summed E-state index contributed by atoms with van der Waals surface area (Å²) < 4.78 is 44.4. The second-order valence-corrected chi connectivity index (χ2v) is 7.90. The first-order valence-corrected chi connectivity index (χ1v) is 9.58. The van der Waals surface area contributed by atoms with E-state index in [1.807, 2.05) is 0 Å². The molecule has 24 heavy (non-hydrogen) atoms. The molecule has 1 amide bonds. The van der Waals surface area contributed by atoms with Gasteiger partial charge in [-0.3, -0.25) is 4.79 Å². The van der Waals surface area contributed by atoms with Crippen molar-refractivity contribution in [2.75, 3.05) is 38.6 Å². The number of halogens is 1. The van der Waals surface area contributed by atoms with Crippen LogP contribution in [0.25, 0.3) is 0 Å². The van der Waals surface area contributed by atoms with Crippen molar-refractivity contribution in [3.8, 4) is 0 Å². The minimum atomic E-state index is -3.39. The molecule has 1 heterocycles. The quantitative estimate of drug-likeness (QED) is 0.782. The van der Waals surface area contributed by atoms with Crippen LogP contribution in [-0.4, -0.2) is 57.2 Å². The maximum absolute atomic E-state index is 13.6. The van der Waals surface area contributed by atoms with E-state index >= 15 is 0 Å². The molecule has 6 nitrogen and oxygen atoms in total. The van der Waals surface area contributed by atoms with Crippen molar-refractivity contribution in [1.29, 1.82) is 0 Å². The molecule has 1 fully saturated rings. The van der Waals surface area contributed by atoms with E-state index in [9.17, 15) is 17.6 Å². The number of nitrogens with one attached hydrogen (secondary N) is 1. The molecule has 8 heteroatoms. The first-order chi connectivity index (χ1) is 11.4. The molecule has 0 radical (unpaired) electrons. The lowest BCUT2D eigenvalue weighted by molar-refractivity contribution is -0.124. The summed E-state index contributed by atoms with van der Waals surface area (Å²) in [5.41, 5.74) is 0.473. The zero-order chi connectivity index (χ0) is 17.6. The first kappa shape index (κ1) is 18.8. The molecule has 1 atom stereocenters. The van der Waals surface area contributed by atoms with E-state index in [1.165, 1.54) is 10.4 Å². The lowest BCUT2D eigenvalue weighted by Crippen LogP contribution is -2.44. The number of benzene rings is 1. The summed E-state index contributed by atoms with van der Waals surface area (Å²) in [4.78, 5) is 12.1. The third-order valence-electron chi connectivity index (χ3n) is 3.95. The number of rotatable bonds is 7. The van der Waals surface area contributed by atoms with Gasteiger partial charge < -0.3 is 10.1 Å². The van der Waals surface area contributed by atoms with E-state index in [1.54, 1.807) is 25.1 Å². The number of amides is 1. The van der Waals surface area contributed by atoms with E-state index in [0.29, 0.717) is 31.9 Å². The van der Waals surface area contributed by atoms with Crippen LogP contribution in [0.5, 0.6) is 0 Å². The van der Waals surface area contributed by atoms with Gasteiger partial charge >= 0.3 is 0 Å². The van der Waals surface area contributed by atoms with E-state index in [-0.39, 0.29) is 30.4 Å². The molecule has 0 spiro atoms. The summed E-state index contributed by atoms with van der Waals surface area (Å²) in [5.74, 6) is -1.21. The number of sulfonamides is 1. The lowest BCUT2D eigenvalue weighted by Gasteiger charge is -2.26. The molecule has 1 N–H and O–H groups in total. The highest BCUT2D eigenvalue weighted by molar-refractivity contribution is 7.89. The molecule has 1 aliphatic rings. The molecular formula is C16H23FN2O4S. The van der Waals surface area contributed by atoms with Crippen LogP contribution in [0.2, 0.25) is 0 Å². The molecular weight excluding hydrogens is 335 g/mol. The number of hydrogen-bond acceptors (Lipinski definition) is 4. The van der Waals surface area contributed by atoms with Crippen LogP contribution in [0.3, 0.4) is 0 Å². The van der Waals surface area contributed by atoms with Crippen molar-refractivity contribution in [2.24, 2.45) is 5.92 Å². The molecule has 1 aromatic carbocycles. The van der Waals surface area contributed by atoms with Crippen LogP contribution in [0.15, 0.2) is 24.3 Å². The summed E-state index contributed by atoms with van der Waals surface area (Å²) in [5, 5.41) is 2.62. The van der Waals surface area contributed by atoms with Crippen LogP contribution in [-0.2, 0) is 26.0 Å². The van der Waals surface area contributed by atoms with Gasteiger partial charge in [0.2, 0.25) is 15.9 Å². The Hall–Kier alpha value is -1.51. The monoisotopic (exact) mass is 358 g/mol. The molecule has 0 aliphatic carbocycles. The average molecular weight is 358 g/mol. The molecule has 1 aromatic rings. The Labute approximate surface area is 142 Å². The number of carbonyl (C=O) groups is 1. The highest BCUT2D eigenvalue weighted by Crippen LogP contribution is 2.12. The fourth-order valence-electron chi connectivity index (χ4n) is 2.52. The van der Waals surface area contributed by atoms with Crippen LogP contribution < -0.4 is 5.32 Å². The maximum atomic E-state index is 13.6. The van der Waals surface area contributed by atoms with Crippen LogP contribution in [0.1, 0.15) is 12.5 Å². The van der Waals surface area contributed by atoms with Crippen molar-refractivity contribution in [1.82, 2.24) is 9.62 Å². The number of ether oxygens (including phenoxy) is 1. The molecule has 1 unspecified atom stereocenters. The second-order valence-electron chi connectivity index (χ2n) is 5.82. The van der Waals surface area contributed by atoms with Gasteiger partial charge in [0.25, 0.3) is 0 Å². The molecule has 0 aromatic heterocycles. The van der Waals surface area contributed by atoms with E-state index in [4.69, 9.17) is 4.74 Å². The van der Waals surface area contributed by atoms with Crippen molar-refractivity contribution in [3.05, 3.63) is 35.6 Å². The van der Waals surface area contributed by atoms with Crippen molar-refractivity contribution in [2.45, 2.75) is 13.3 Å². The third-order valence-corrected chi connectivity index (χ3v) is 5.83. The highest BCUT2D eigenvalue weighted by Gasteiger charge is 2.24. The molecule has 134 valence electrons. The molecule has 1 aliphatic heterocycles. The lowest BCUT2D eigenvalue weighted by atomic mass is 10.00. The predicted octanol–water partition coefficient (Wildman–Crippen LogP) is 0.782. The van der Waals surface area contributed by atoms with Crippen LogP contribution in [0.4, 0.5) is 4.39 Å². The number of hydrogen-bond donors (Lipinski definition) is 1. The van der Waals surface area contributed by atoms with Crippen molar-refractivity contribution < 1.29 is 22.3 Å². The van der Waals surface area contributed by atoms with Crippen LogP contribution in [0, 0.1) is 11.7 Å². The molecule has 2 rings (SSSR count). The van der Waals surface area contributed by atoms with Gasteiger partial charge in [0.05, 0.1) is 19.0 Å². The SMILES string of the molecule is CC(Cc1ccccc1F)C(=O)NCCS(=O)(=O)N1CCOCC1. The Morgan fingerprint density at radius 1 is 1.33 bits per heavy atom. The first-order valence-electron chi connectivity index (χ1n) is 7.97. The van der Waals surface area contributed by atoms with Gasteiger partial charge in [0.15, 0.2) is 0 Å². The van der Waals surface area contributed by atoms with Crippen molar-refractivity contribution >= 4 is 15.9 Å². The Bertz CT molecular complexity index is 660. The van der Waals surface area contributed by atoms with E-state index in [0.717, 1.165) is 0 Å². The Balaban J connectivity index is 1.79. The highest BCUT2D eigenvalue weighted by atomic mass is 32.2. The smallest absolute Gasteiger partial charge is 0.223 e. The third kappa shape index (κ3) is 5.25. The summed E-state index contributed by atoms with van der Waals surface area (Å²) in [7, 11) is -3.39. The zero-order valence-electron chi connectivity index (χ0n) is 13.7. The largest absolute Gasteiger partial charge is 0.379 e. The fraction of sp³-hybridized carbons (Fsp3) is 0.562. The van der Waals surface area contributed by atoms with Gasteiger partial charge in [0.1, 0.15) is 5.82 Å². The van der Waals surface area contributed by atoms with Crippen molar-refractivity contribution in [3.63, 3.8) is 0 Å². The molecule has 1 saturated heterocycles. The topological polar surface area (TPSA) is 75.7 Å². The van der Waals surface area contributed by atoms with Gasteiger partial charge in [-0.2, -0.15) is 4.31 Å². The van der Waals surface area contributed by atoms with Gasteiger partial charge in [-0.15, -0.1) is 0 Å². The summed E-state index contributed by atoms with van der Waals surface area (Å²) in [6.45, 7) is 3.22. The standard InChI is InChI=1S/C16H23FN2O4S/c1-13(12-14-4-2-3-5-15(14)17)16(20)18-6-11-24(21,22)19-7-9-23-10-8-19/h2-5,13H,6-12H2,1H3,(H,18,20). The molecule has 0 bridgehead atoms. The van der Waals surface area contributed by atoms with Gasteiger partial charge in [-0.25, -0.2) is 12.8 Å². The van der Waals surface area contributed by atoms with Crippen LogP contribution >= 0.6 is 0 Å². The predicted molar refractivity (Wildman–Crippen MR) is 88.5 cm³/mol. The Kier molecular flexibility index (Phi) is 6.70.